The van der Waals surface area contributed by atoms with Gasteiger partial charge in [0.05, 0.1) is 6.07 Å². The third-order valence-corrected chi connectivity index (χ3v) is 4.70. The number of rotatable bonds is 6. The maximum atomic E-state index is 9.67. The summed E-state index contributed by atoms with van der Waals surface area (Å²) >= 11 is 0. The van der Waals surface area contributed by atoms with E-state index in [1.807, 2.05) is 0 Å². The standard InChI is InChI=1S/C15H27N3/c1-4-7-17-15(10-16,14-5-6-14)11-18-8-12(2)13(3)9-18/h12-14,17H,4-9,11H2,1-3H3. The van der Waals surface area contributed by atoms with E-state index in [4.69, 9.17) is 0 Å². The fourth-order valence-electron chi connectivity index (χ4n) is 3.15. The fraction of sp³-hybridized carbons (Fsp3) is 0.933. The Morgan fingerprint density at radius 1 is 1.28 bits per heavy atom. The highest BCUT2D eigenvalue weighted by Crippen LogP contribution is 2.40. The topological polar surface area (TPSA) is 39.1 Å². The second kappa shape index (κ2) is 5.59. The zero-order valence-corrected chi connectivity index (χ0v) is 12.1. The van der Waals surface area contributed by atoms with Crippen LogP contribution >= 0.6 is 0 Å². The van der Waals surface area contributed by atoms with E-state index in [9.17, 15) is 5.26 Å². The molecule has 1 saturated heterocycles. The molecule has 2 rings (SSSR count). The molecular weight excluding hydrogens is 222 g/mol. The third-order valence-electron chi connectivity index (χ3n) is 4.70. The molecule has 3 nitrogen and oxygen atoms in total. The highest BCUT2D eigenvalue weighted by molar-refractivity contribution is 5.17. The summed E-state index contributed by atoms with van der Waals surface area (Å²) in [4.78, 5) is 2.50. The summed E-state index contributed by atoms with van der Waals surface area (Å²) in [5.74, 6) is 2.12. The molecule has 1 aliphatic heterocycles. The van der Waals surface area contributed by atoms with Crippen LogP contribution in [0.4, 0.5) is 0 Å². The van der Waals surface area contributed by atoms with Gasteiger partial charge in [0.2, 0.25) is 0 Å². The summed E-state index contributed by atoms with van der Waals surface area (Å²) in [5, 5.41) is 13.2. The summed E-state index contributed by atoms with van der Waals surface area (Å²) in [6.07, 6.45) is 3.55. The minimum Gasteiger partial charge on any atom is -0.300 e. The van der Waals surface area contributed by atoms with Crippen molar-refractivity contribution in [3.63, 3.8) is 0 Å². The summed E-state index contributed by atoms with van der Waals surface area (Å²) in [6.45, 7) is 11.0. The molecule has 0 aromatic rings. The smallest absolute Gasteiger partial charge is 0.122 e. The molecule has 0 aromatic carbocycles. The first kappa shape index (κ1) is 13.8. The molecule has 2 aliphatic rings. The Morgan fingerprint density at radius 3 is 2.33 bits per heavy atom. The second-order valence-electron chi connectivity index (χ2n) is 6.43. The molecule has 0 aromatic heterocycles. The van der Waals surface area contributed by atoms with Crippen LogP contribution in [0.3, 0.4) is 0 Å². The zero-order valence-electron chi connectivity index (χ0n) is 12.1. The van der Waals surface area contributed by atoms with Crippen molar-refractivity contribution in [1.29, 1.82) is 5.26 Å². The van der Waals surface area contributed by atoms with Crippen molar-refractivity contribution in [3.8, 4) is 6.07 Å². The number of nitrogens with zero attached hydrogens (tertiary/aromatic N) is 2. The van der Waals surface area contributed by atoms with E-state index in [1.165, 1.54) is 12.8 Å². The SMILES string of the molecule is CCCNC(C#N)(CN1CC(C)C(C)C1)C1CC1. The lowest BCUT2D eigenvalue weighted by Gasteiger charge is -2.32. The van der Waals surface area contributed by atoms with Gasteiger partial charge in [-0.25, -0.2) is 0 Å². The molecule has 18 heavy (non-hydrogen) atoms. The van der Waals surface area contributed by atoms with Gasteiger partial charge in [-0.1, -0.05) is 20.8 Å². The van der Waals surface area contributed by atoms with Crippen molar-refractivity contribution in [2.24, 2.45) is 17.8 Å². The third kappa shape index (κ3) is 2.87. The Hall–Kier alpha value is -0.590. The van der Waals surface area contributed by atoms with Gasteiger partial charge in [-0.05, 0) is 43.6 Å². The number of hydrogen-bond acceptors (Lipinski definition) is 3. The van der Waals surface area contributed by atoms with Crippen LogP contribution in [0.15, 0.2) is 0 Å². The summed E-state index contributed by atoms with van der Waals surface area (Å²) < 4.78 is 0. The van der Waals surface area contributed by atoms with Crippen molar-refractivity contribution in [2.75, 3.05) is 26.2 Å². The molecule has 1 aliphatic carbocycles. The van der Waals surface area contributed by atoms with Crippen molar-refractivity contribution >= 4 is 0 Å². The Morgan fingerprint density at radius 2 is 1.89 bits per heavy atom. The first-order valence-corrected chi connectivity index (χ1v) is 7.50. The summed E-state index contributed by atoms with van der Waals surface area (Å²) in [7, 11) is 0. The minimum absolute atomic E-state index is 0.278. The molecule has 0 amide bonds. The zero-order chi connectivity index (χ0) is 13.2. The van der Waals surface area contributed by atoms with Crippen LogP contribution in [-0.4, -0.2) is 36.6 Å². The lowest BCUT2D eigenvalue weighted by atomic mass is 9.94. The van der Waals surface area contributed by atoms with Gasteiger partial charge in [-0.3, -0.25) is 10.2 Å². The minimum atomic E-state index is -0.278. The van der Waals surface area contributed by atoms with E-state index in [-0.39, 0.29) is 5.54 Å². The molecule has 0 spiro atoms. The van der Waals surface area contributed by atoms with Crippen LogP contribution in [0.5, 0.6) is 0 Å². The monoisotopic (exact) mass is 249 g/mol. The number of hydrogen-bond donors (Lipinski definition) is 1. The molecule has 2 fully saturated rings. The highest BCUT2D eigenvalue weighted by Gasteiger charge is 2.47. The highest BCUT2D eigenvalue weighted by atomic mass is 15.2. The van der Waals surface area contributed by atoms with E-state index in [1.54, 1.807) is 0 Å². The molecule has 1 heterocycles. The van der Waals surface area contributed by atoms with Crippen LogP contribution in [0.1, 0.15) is 40.0 Å². The van der Waals surface area contributed by atoms with E-state index in [0.717, 1.165) is 44.4 Å². The first-order chi connectivity index (χ1) is 8.61. The predicted octanol–water partition coefficient (Wildman–Crippen LogP) is 2.25. The van der Waals surface area contributed by atoms with Crippen molar-refractivity contribution in [2.45, 2.75) is 45.6 Å². The molecule has 1 N–H and O–H groups in total. The van der Waals surface area contributed by atoms with Crippen LogP contribution in [0.2, 0.25) is 0 Å². The molecular formula is C15H27N3. The van der Waals surface area contributed by atoms with Crippen LogP contribution in [-0.2, 0) is 0 Å². The summed E-state index contributed by atoms with van der Waals surface area (Å²) in [6, 6.07) is 2.62. The molecule has 0 radical (unpaired) electrons. The molecule has 3 atom stereocenters. The molecule has 1 saturated carbocycles. The van der Waals surface area contributed by atoms with E-state index < -0.39 is 0 Å². The van der Waals surface area contributed by atoms with Gasteiger partial charge in [0.15, 0.2) is 0 Å². The first-order valence-electron chi connectivity index (χ1n) is 7.50. The van der Waals surface area contributed by atoms with Crippen LogP contribution in [0, 0.1) is 29.1 Å². The van der Waals surface area contributed by atoms with Crippen LogP contribution < -0.4 is 5.32 Å². The lowest BCUT2D eigenvalue weighted by molar-refractivity contribution is 0.221. The van der Waals surface area contributed by atoms with Gasteiger partial charge in [-0.15, -0.1) is 0 Å². The fourth-order valence-corrected chi connectivity index (χ4v) is 3.15. The van der Waals surface area contributed by atoms with Crippen molar-refractivity contribution in [3.05, 3.63) is 0 Å². The van der Waals surface area contributed by atoms with Gasteiger partial charge in [0.1, 0.15) is 5.54 Å². The molecule has 3 heteroatoms. The van der Waals surface area contributed by atoms with E-state index in [0.29, 0.717) is 5.92 Å². The van der Waals surface area contributed by atoms with E-state index in [2.05, 4.69) is 37.1 Å². The van der Waals surface area contributed by atoms with Crippen molar-refractivity contribution in [1.82, 2.24) is 10.2 Å². The lowest BCUT2D eigenvalue weighted by Crippen LogP contribution is -2.54. The average Bonchev–Trinajstić information content (AvgIpc) is 3.14. The van der Waals surface area contributed by atoms with Gasteiger partial charge < -0.3 is 0 Å². The van der Waals surface area contributed by atoms with Gasteiger partial charge in [0.25, 0.3) is 0 Å². The number of likely N-dealkylation sites (tertiary alicyclic amines) is 1. The Bertz CT molecular complexity index is 308. The molecule has 3 unspecified atom stereocenters. The Balaban J connectivity index is 1.99. The number of nitriles is 1. The predicted molar refractivity (Wildman–Crippen MR) is 74.1 cm³/mol. The van der Waals surface area contributed by atoms with Crippen molar-refractivity contribution < 1.29 is 0 Å². The van der Waals surface area contributed by atoms with Gasteiger partial charge in [-0.2, -0.15) is 5.26 Å². The van der Waals surface area contributed by atoms with Gasteiger partial charge >= 0.3 is 0 Å². The van der Waals surface area contributed by atoms with E-state index >= 15 is 0 Å². The average molecular weight is 249 g/mol. The largest absolute Gasteiger partial charge is 0.300 e. The Labute approximate surface area is 112 Å². The number of nitrogens with one attached hydrogen (secondary N) is 1. The quantitative estimate of drug-likeness (QED) is 0.784. The second-order valence-corrected chi connectivity index (χ2v) is 6.43. The Kier molecular flexibility index (Phi) is 4.29. The maximum Gasteiger partial charge on any atom is 0.122 e. The van der Waals surface area contributed by atoms with Gasteiger partial charge in [0, 0.05) is 19.6 Å². The normalized spacial score (nSPS) is 32.1. The molecule has 102 valence electrons. The maximum absolute atomic E-state index is 9.67. The van der Waals surface area contributed by atoms with Crippen LogP contribution in [0.25, 0.3) is 0 Å². The summed E-state index contributed by atoms with van der Waals surface area (Å²) in [5.41, 5.74) is -0.278. The molecule has 0 bridgehead atoms.